The SMILES string of the molecule is COc1cccc(-c2nnn(CC#N)n2)c1. The van der Waals surface area contributed by atoms with Crippen molar-refractivity contribution in [2.75, 3.05) is 7.11 Å². The summed E-state index contributed by atoms with van der Waals surface area (Å²) in [7, 11) is 1.60. The third-order valence-electron chi connectivity index (χ3n) is 1.99. The van der Waals surface area contributed by atoms with Gasteiger partial charge in [-0.3, -0.25) is 0 Å². The largest absolute Gasteiger partial charge is 0.497 e. The van der Waals surface area contributed by atoms with Gasteiger partial charge in [0.05, 0.1) is 13.2 Å². The maximum Gasteiger partial charge on any atom is 0.205 e. The first kappa shape index (κ1) is 10.1. The third kappa shape index (κ3) is 1.98. The molecule has 1 aromatic carbocycles. The molecule has 6 nitrogen and oxygen atoms in total. The predicted molar refractivity (Wildman–Crippen MR) is 55.4 cm³/mol. The van der Waals surface area contributed by atoms with Crippen molar-refractivity contribution >= 4 is 0 Å². The van der Waals surface area contributed by atoms with Crippen molar-refractivity contribution in [2.24, 2.45) is 0 Å². The number of benzene rings is 1. The van der Waals surface area contributed by atoms with Gasteiger partial charge in [-0.1, -0.05) is 12.1 Å². The molecule has 16 heavy (non-hydrogen) atoms. The Bertz CT molecular complexity index is 528. The zero-order valence-corrected chi connectivity index (χ0v) is 8.66. The van der Waals surface area contributed by atoms with E-state index in [1.165, 1.54) is 4.80 Å². The first-order chi connectivity index (χ1) is 7.83. The molecule has 0 amide bonds. The minimum atomic E-state index is 0.0942. The van der Waals surface area contributed by atoms with Gasteiger partial charge in [0.1, 0.15) is 12.3 Å². The number of hydrogen-bond donors (Lipinski definition) is 0. The molecule has 2 rings (SSSR count). The number of nitriles is 1. The van der Waals surface area contributed by atoms with Gasteiger partial charge in [-0.05, 0) is 17.3 Å². The standard InChI is InChI=1S/C10H9N5O/c1-16-9-4-2-3-8(7-9)10-12-14-15(13-10)6-5-11/h2-4,7H,6H2,1H3. The molecule has 0 saturated heterocycles. The quantitative estimate of drug-likeness (QED) is 0.759. The molecule has 0 aliphatic carbocycles. The van der Waals surface area contributed by atoms with E-state index in [9.17, 15) is 0 Å². The van der Waals surface area contributed by atoms with Crippen LogP contribution in [0, 0.1) is 11.3 Å². The van der Waals surface area contributed by atoms with E-state index in [0.29, 0.717) is 5.82 Å². The molecule has 1 heterocycles. The lowest BCUT2D eigenvalue weighted by atomic mass is 10.2. The van der Waals surface area contributed by atoms with E-state index in [2.05, 4.69) is 15.4 Å². The van der Waals surface area contributed by atoms with E-state index in [-0.39, 0.29) is 6.54 Å². The molecule has 0 spiro atoms. The highest BCUT2D eigenvalue weighted by atomic mass is 16.5. The smallest absolute Gasteiger partial charge is 0.205 e. The second-order valence-corrected chi connectivity index (χ2v) is 3.03. The molecule has 1 aromatic heterocycles. The molecule has 0 fully saturated rings. The van der Waals surface area contributed by atoms with Crippen molar-refractivity contribution in [1.29, 1.82) is 5.26 Å². The molecular weight excluding hydrogens is 206 g/mol. The van der Waals surface area contributed by atoms with Crippen LogP contribution in [0.2, 0.25) is 0 Å². The van der Waals surface area contributed by atoms with Crippen molar-refractivity contribution in [3.63, 3.8) is 0 Å². The zero-order valence-electron chi connectivity index (χ0n) is 8.66. The Kier molecular flexibility index (Phi) is 2.78. The van der Waals surface area contributed by atoms with Crippen LogP contribution in [-0.2, 0) is 6.54 Å². The van der Waals surface area contributed by atoms with Crippen molar-refractivity contribution in [3.05, 3.63) is 24.3 Å². The van der Waals surface area contributed by atoms with Gasteiger partial charge in [-0.2, -0.15) is 5.26 Å². The third-order valence-corrected chi connectivity index (χ3v) is 1.99. The topological polar surface area (TPSA) is 76.6 Å². The average molecular weight is 215 g/mol. The molecule has 0 aliphatic heterocycles. The Hall–Kier alpha value is -2.42. The highest BCUT2D eigenvalue weighted by molar-refractivity contribution is 5.56. The number of nitrogens with zero attached hydrogens (tertiary/aromatic N) is 5. The lowest BCUT2D eigenvalue weighted by Crippen LogP contribution is -1.99. The number of ether oxygens (including phenoxy) is 1. The zero-order chi connectivity index (χ0) is 11.4. The molecule has 0 unspecified atom stereocenters. The van der Waals surface area contributed by atoms with E-state index in [0.717, 1.165) is 11.3 Å². The molecule has 0 aliphatic rings. The van der Waals surface area contributed by atoms with Crippen LogP contribution in [0.15, 0.2) is 24.3 Å². The second-order valence-electron chi connectivity index (χ2n) is 3.03. The normalized spacial score (nSPS) is 9.75. The summed E-state index contributed by atoms with van der Waals surface area (Å²) in [5.74, 6) is 1.21. The molecule has 2 aromatic rings. The fourth-order valence-electron chi connectivity index (χ4n) is 1.25. The second kappa shape index (κ2) is 4.40. The Morgan fingerprint density at radius 2 is 2.38 bits per heavy atom. The minimum Gasteiger partial charge on any atom is -0.497 e. The van der Waals surface area contributed by atoms with Gasteiger partial charge >= 0.3 is 0 Å². The minimum absolute atomic E-state index is 0.0942. The Balaban J connectivity index is 2.31. The van der Waals surface area contributed by atoms with Gasteiger partial charge in [-0.25, -0.2) is 0 Å². The molecule has 0 saturated carbocycles. The highest BCUT2D eigenvalue weighted by Gasteiger charge is 2.06. The number of methoxy groups -OCH3 is 1. The Labute approximate surface area is 92.1 Å². The van der Waals surface area contributed by atoms with Gasteiger partial charge in [0, 0.05) is 5.56 Å². The van der Waals surface area contributed by atoms with Crippen LogP contribution in [0.3, 0.4) is 0 Å². The lowest BCUT2D eigenvalue weighted by molar-refractivity contribution is 0.415. The van der Waals surface area contributed by atoms with Crippen LogP contribution in [0.4, 0.5) is 0 Å². The summed E-state index contributed by atoms with van der Waals surface area (Å²) in [6.45, 7) is 0.0942. The van der Waals surface area contributed by atoms with E-state index in [4.69, 9.17) is 10.00 Å². The van der Waals surface area contributed by atoms with Crippen LogP contribution < -0.4 is 4.74 Å². The summed E-state index contributed by atoms with van der Waals surface area (Å²) < 4.78 is 5.10. The van der Waals surface area contributed by atoms with E-state index in [1.807, 2.05) is 30.3 Å². The van der Waals surface area contributed by atoms with Crippen molar-refractivity contribution < 1.29 is 4.74 Å². The maximum atomic E-state index is 8.48. The fourth-order valence-corrected chi connectivity index (χ4v) is 1.25. The van der Waals surface area contributed by atoms with E-state index in [1.54, 1.807) is 7.11 Å². The van der Waals surface area contributed by atoms with E-state index >= 15 is 0 Å². The molecule has 0 radical (unpaired) electrons. The van der Waals surface area contributed by atoms with Crippen LogP contribution >= 0.6 is 0 Å². The Morgan fingerprint density at radius 3 is 3.12 bits per heavy atom. The summed E-state index contributed by atoms with van der Waals surface area (Å²) in [5.41, 5.74) is 0.809. The number of tetrazole rings is 1. The molecule has 6 heteroatoms. The van der Waals surface area contributed by atoms with Crippen LogP contribution in [0.1, 0.15) is 0 Å². The maximum absolute atomic E-state index is 8.48. The number of rotatable bonds is 3. The average Bonchev–Trinajstić information content (AvgIpc) is 2.78. The predicted octanol–water partition coefficient (Wildman–Crippen LogP) is 0.872. The first-order valence-corrected chi connectivity index (χ1v) is 4.62. The van der Waals surface area contributed by atoms with Crippen molar-refractivity contribution in [3.8, 4) is 23.2 Å². The highest BCUT2D eigenvalue weighted by Crippen LogP contribution is 2.19. The first-order valence-electron chi connectivity index (χ1n) is 4.62. The van der Waals surface area contributed by atoms with Gasteiger partial charge < -0.3 is 4.74 Å². The summed E-state index contributed by atoms with van der Waals surface area (Å²) in [5, 5.41) is 20.2. The van der Waals surface area contributed by atoms with Crippen molar-refractivity contribution in [1.82, 2.24) is 20.2 Å². The van der Waals surface area contributed by atoms with Gasteiger partial charge in [0.25, 0.3) is 0 Å². The molecule has 0 atom stereocenters. The molecule has 0 bridgehead atoms. The van der Waals surface area contributed by atoms with E-state index < -0.39 is 0 Å². The van der Waals surface area contributed by atoms with Gasteiger partial charge in [-0.15, -0.1) is 15.0 Å². The lowest BCUT2D eigenvalue weighted by Gasteiger charge is -1.99. The van der Waals surface area contributed by atoms with Crippen LogP contribution in [0.25, 0.3) is 11.4 Å². The monoisotopic (exact) mass is 215 g/mol. The number of aromatic nitrogens is 4. The van der Waals surface area contributed by atoms with Crippen molar-refractivity contribution in [2.45, 2.75) is 6.54 Å². The summed E-state index contributed by atoms with van der Waals surface area (Å²) >= 11 is 0. The molecule has 0 N–H and O–H groups in total. The summed E-state index contributed by atoms with van der Waals surface area (Å²) in [4.78, 5) is 1.24. The Morgan fingerprint density at radius 1 is 1.50 bits per heavy atom. The summed E-state index contributed by atoms with van der Waals surface area (Å²) in [6, 6.07) is 9.30. The van der Waals surface area contributed by atoms with Crippen LogP contribution in [-0.4, -0.2) is 27.3 Å². The van der Waals surface area contributed by atoms with Crippen LogP contribution in [0.5, 0.6) is 5.75 Å². The van der Waals surface area contributed by atoms with Gasteiger partial charge in [0.2, 0.25) is 5.82 Å². The molecule has 80 valence electrons. The summed E-state index contributed by atoms with van der Waals surface area (Å²) in [6.07, 6.45) is 0. The fraction of sp³-hybridized carbons (Fsp3) is 0.200. The van der Waals surface area contributed by atoms with Gasteiger partial charge in [0.15, 0.2) is 0 Å². The number of hydrogen-bond acceptors (Lipinski definition) is 5. The molecular formula is C10H9N5O.